The molecule has 0 radical (unpaired) electrons. The Balaban J connectivity index is 2.06. The van der Waals surface area contributed by atoms with Gasteiger partial charge in [-0.25, -0.2) is 18.0 Å². The fourth-order valence-electron chi connectivity index (χ4n) is 3.74. The van der Waals surface area contributed by atoms with Crippen LogP contribution in [-0.2, 0) is 20.8 Å². The third-order valence-electron chi connectivity index (χ3n) is 5.31. The minimum absolute atomic E-state index is 0.240. The number of hydrogen-bond donors (Lipinski definition) is 1. The van der Waals surface area contributed by atoms with Gasteiger partial charge >= 0.3 is 5.97 Å². The summed E-state index contributed by atoms with van der Waals surface area (Å²) >= 11 is 0. The van der Waals surface area contributed by atoms with Crippen molar-refractivity contribution < 1.29 is 41.7 Å². The number of methoxy groups -OCH3 is 2. The number of carbonyl (C=O) groups is 2. The molecule has 2 aromatic rings. The second kappa shape index (κ2) is 10.9. The van der Waals surface area contributed by atoms with Gasteiger partial charge in [0.15, 0.2) is 17.7 Å². The number of aromatic nitrogens is 1. The summed E-state index contributed by atoms with van der Waals surface area (Å²) in [6, 6.07) is 0.323. The van der Waals surface area contributed by atoms with Crippen molar-refractivity contribution in [2.24, 2.45) is 0 Å². The topological polar surface area (TPSA) is 105 Å². The summed E-state index contributed by atoms with van der Waals surface area (Å²) in [5.41, 5.74) is -2.23. The molecule has 1 unspecified atom stereocenters. The fraction of sp³-hybridized carbons (Fsp3) is 0.435. The highest BCUT2D eigenvalue weighted by molar-refractivity contribution is 5.97. The highest BCUT2D eigenvalue weighted by atomic mass is 19.1. The van der Waals surface area contributed by atoms with Crippen LogP contribution >= 0.6 is 0 Å². The van der Waals surface area contributed by atoms with E-state index in [-0.39, 0.29) is 12.3 Å². The molecule has 1 aromatic carbocycles. The van der Waals surface area contributed by atoms with Crippen LogP contribution in [0.15, 0.2) is 23.1 Å². The number of nitrogens with one attached hydrogen (secondary N) is 1. The van der Waals surface area contributed by atoms with E-state index >= 15 is 0 Å². The molecule has 9 nitrogen and oxygen atoms in total. The Morgan fingerprint density at radius 3 is 2.43 bits per heavy atom. The Hall–Kier alpha value is -3.38. The number of amides is 1. The molecule has 12 heteroatoms. The molecule has 1 aliphatic heterocycles. The number of rotatable bonds is 8. The fourth-order valence-corrected chi connectivity index (χ4v) is 3.74. The predicted molar refractivity (Wildman–Crippen MR) is 116 cm³/mol. The van der Waals surface area contributed by atoms with E-state index in [2.05, 4.69) is 5.32 Å². The number of carbonyl (C=O) groups excluding carboxylic acids is 2. The molecule has 190 valence electrons. The molecule has 2 heterocycles. The zero-order valence-corrected chi connectivity index (χ0v) is 19.5. The monoisotopic (exact) mass is 498 g/mol. The maximum atomic E-state index is 14.0. The zero-order chi connectivity index (χ0) is 25.9. The van der Waals surface area contributed by atoms with Gasteiger partial charge in [0.2, 0.25) is 5.43 Å². The summed E-state index contributed by atoms with van der Waals surface area (Å²) in [5, 5.41) is 2.24. The van der Waals surface area contributed by atoms with Crippen molar-refractivity contribution >= 4 is 11.9 Å². The lowest BCUT2D eigenvalue weighted by Gasteiger charge is -2.25. The van der Waals surface area contributed by atoms with Crippen molar-refractivity contribution in [3.8, 4) is 5.75 Å². The van der Waals surface area contributed by atoms with Crippen LogP contribution in [0.4, 0.5) is 13.2 Å². The van der Waals surface area contributed by atoms with E-state index in [9.17, 15) is 27.6 Å². The molecular weight excluding hydrogens is 473 g/mol. The maximum Gasteiger partial charge on any atom is 0.359 e. The largest absolute Gasteiger partial charge is 0.491 e. The Bertz CT molecular complexity index is 1160. The minimum Gasteiger partial charge on any atom is -0.491 e. The van der Waals surface area contributed by atoms with Gasteiger partial charge in [-0.3, -0.25) is 9.59 Å². The third-order valence-corrected chi connectivity index (χ3v) is 5.31. The molecular formula is C23H25F3N2O7. The molecule has 3 rings (SSSR count). The van der Waals surface area contributed by atoms with Gasteiger partial charge in [-0.1, -0.05) is 0 Å². The second-order valence-corrected chi connectivity index (χ2v) is 7.98. The number of hydrogen-bond acceptors (Lipinski definition) is 7. The van der Waals surface area contributed by atoms with Gasteiger partial charge in [0, 0.05) is 37.5 Å². The smallest absolute Gasteiger partial charge is 0.359 e. The Labute approximate surface area is 198 Å². The number of pyridine rings is 1. The first-order valence-electron chi connectivity index (χ1n) is 10.7. The lowest BCUT2D eigenvalue weighted by atomic mass is 10.1. The van der Waals surface area contributed by atoms with Crippen molar-refractivity contribution in [2.75, 3.05) is 20.8 Å². The molecule has 2 atom stereocenters. The van der Waals surface area contributed by atoms with Gasteiger partial charge < -0.3 is 28.8 Å². The van der Waals surface area contributed by atoms with Crippen molar-refractivity contribution in [3.63, 3.8) is 0 Å². The van der Waals surface area contributed by atoms with Crippen LogP contribution < -0.4 is 15.5 Å². The first-order chi connectivity index (χ1) is 16.6. The standard InChI is InChI=1S/C23H25F3N2O7/c1-11(2)35-22(31)18-20(32-3)19(29)14(10-28(18)17-5-6-34-23(17)33-4)21(30)27-9-13-15(25)7-12(24)8-16(13)26/h7-8,10-11,17,23H,5-6,9H2,1-4H3,(H,27,30)/t17-,23?/m1/s1. The van der Waals surface area contributed by atoms with Crippen LogP contribution in [-0.4, -0.2) is 49.7 Å². The van der Waals surface area contributed by atoms with Crippen LogP contribution in [0.2, 0.25) is 0 Å². The van der Waals surface area contributed by atoms with Crippen LogP contribution in [0, 0.1) is 17.5 Å². The summed E-state index contributed by atoms with van der Waals surface area (Å²) in [7, 11) is 2.55. The van der Waals surface area contributed by atoms with Crippen LogP contribution in [0.3, 0.4) is 0 Å². The summed E-state index contributed by atoms with van der Waals surface area (Å²) in [6.45, 7) is 2.86. The molecule has 0 aliphatic carbocycles. The third kappa shape index (κ3) is 5.49. The molecule has 0 spiro atoms. The highest BCUT2D eigenvalue weighted by Crippen LogP contribution is 2.31. The van der Waals surface area contributed by atoms with E-state index in [0.29, 0.717) is 18.6 Å². The van der Waals surface area contributed by atoms with E-state index in [1.165, 1.54) is 11.7 Å². The molecule has 1 aromatic heterocycles. The van der Waals surface area contributed by atoms with Gasteiger partial charge in [-0.05, 0) is 20.3 Å². The molecule has 0 bridgehead atoms. The highest BCUT2D eigenvalue weighted by Gasteiger charge is 2.36. The van der Waals surface area contributed by atoms with Gasteiger partial charge in [-0.2, -0.15) is 0 Å². The molecule has 0 saturated carbocycles. The van der Waals surface area contributed by atoms with E-state index in [4.69, 9.17) is 18.9 Å². The van der Waals surface area contributed by atoms with Crippen LogP contribution in [0.5, 0.6) is 5.75 Å². The first-order valence-corrected chi connectivity index (χ1v) is 10.7. The molecule has 1 aliphatic rings. The van der Waals surface area contributed by atoms with E-state index < -0.39 is 76.6 Å². The maximum absolute atomic E-state index is 14.0. The van der Waals surface area contributed by atoms with Gasteiger partial charge in [0.25, 0.3) is 5.91 Å². The lowest BCUT2D eigenvalue weighted by molar-refractivity contribution is -0.106. The zero-order valence-electron chi connectivity index (χ0n) is 19.5. The van der Waals surface area contributed by atoms with Gasteiger partial charge in [0.1, 0.15) is 23.0 Å². The predicted octanol–water partition coefficient (Wildman–Crippen LogP) is 2.70. The average molecular weight is 498 g/mol. The van der Waals surface area contributed by atoms with Gasteiger partial charge in [0.05, 0.1) is 25.9 Å². The Morgan fingerprint density at radius 1 is 1.20 bits per heavy atom. The first kappa shape index (κ1) is 26.2. The van der Waals surface area contributed by atoms with E-state index in [0.717, 1.165) is 13.3 Å². The van der Waals surface area contributed by atoms with Crippen molar-refractivity contribution in [1.29, 1.82) is 0 Å². The lowest BCUT2D eigenvalue weighted by Crippen LogP contribution is -2.35. The second-order valence-electron chi connectivity index (χ2n) is 7.98. The minimum atomic E-state index is -1.20. The van der Waals surface area contributed by atoms with Crippen LogP contribution in [0.25, 0.3) is 0 Å². The molecule has 35 heavy (non-hydrogen) atoms. The van der Waals surface area contributed by atoms with Crippen molar-refractivity contribution in [1.82, 2.24) is 9.88 Å². The summed E-state index contributed by atoms with van der Waals surface area (Å²) in [5.74, 6) is -5.83. The van der Waals surface area contributed by atoms with Crippen LogP contribution in [0.1, 0.15) is 52.7 Å². The Morgan fingerprint density at radius 2 is 1.86 bits per heavy atom. The number of halogens is 3. The summed E-state index contributed by atoms with van der Waals surface area (Å²) in [4.78, 5) is 38.9. The average Bonchev–Trinajstić information content (AvgIpc) is 3.26. The van der Waals surface area contributed by atoms with E-state index in [1.807, 2.05) is 0 Å². The number of nitrogens with zero attached hydrogens (tertiary/aromatic N) is 1. The van der Waals surface area contributed by atoms with Crippen molar-refractivity contribution in [2.45, 2.75) is 45.2 Å². The SMILES string of the molecule is COc1c(C(=O)OC(C)C)n([C@@H]2CCOC2OC)cc(C(=O)NCc2c(F)cc(F)cc2F)c1=O. The molecule has 1 amide bonds. The van der Waals surface area contributed by atoms with E-state index in [1.54, 1.807) is 13.8 Å². The number of ether oxygens (including phenoxy) is 4. The quantitative estimate of drug-likeness (QED) is 0.558. The molecule has 1 saturated heterocycles. The van der Waals surface area contributed by atoms with Gasteiger partial charge in [-0.15, -0.1) is 0 Å². The molecule has 1 N–H and O–H groups in total. The Kier molecular flexibility index (Phi) is 8.18. The molecule has 1 fully saturated rings. The number of benzene rings is 1. The van der Waals surface area contributed by atoms with Crippen molar-refractivity contribution in [3.05, 3.63) is 62.8 Å². The number of esters is 1. The normalized spacial score (nSPS) is 17.5. The summed E-state index contributed by atoms with van der Waals surface area (Å²) < 4.78 is 63.7. The summed E-state index contributed by atoms with van der Waals surface area (Å²) in [6.07, 6.45) is 0.183.